The molecule has 0 radical (unpaired) electrons. The van der Waals surface area contributed by atoms with Crippen molar-refractivity contribution in [1.29, 1.82) is 0 Å². The van der Waals surface area contributed by atoms with Crippen LogP contribution in [0.3, 0.4) is 0 Å². The molecule has 1 aliphatic heterocycles. The van der Waals surface area contributed by atoms with E-state index in [0.29, 0.717) is 6.10 Å². The molecule has 0 spiro atoms. The Kier molecular flexibility index (Phi) is 5.08. The van der Waals surface area contributed by atoms with Crippen LogP contribution in [0.15, 0.2) is 0 Å². The molecule has 1 aromatic heterocycles. The van der Waals surface area contributed by atoms with Crippen molar-refractivity contribution >= 4 is 11.3 Å². The highest BCUT2D eigenvalue weighted by Gasteiger charge is 2.22. The van der Waals surface area contributed by atoms with Gasteiger partial charge in [0.2, 0.25) is 0 Å². The molecule has 1 N–H and O–H groups in total. The van der Waals surface area contributed by atoms with Crippen molar-refractivity contribution in [2.45, 2.75) is 77.0 Å². The first-order valence-electron chi connectivity index (χ1n) is 8.17. The molecular weight excluding hydrogens is 268 g/mol. The summed E-state index contributed by atoms with van der Waals surface area (Å²) in [6, 6.07) is 0.775. The van der Waals surface area contributed by atoms with E-state index in [9.17, 15) is 0 Å². The number of hydrogen-bond donors (Lipinski definition) is 1. The Morgan fingerprint density at radius 2 is 2.20 bits per heavy atom. The van der Waals surface area contributed by atoms with Crippen molar-refractivity contribution in [3.63, 3.8) is 0 Å². The van der Waals surface area contributed by atoms with E-state index in [2.05, 4.69) is 12.2 Å². The molecule has 1 aromatic rings. The van der Waals surface area contributed by atoms with E-state index in [1.54, 1.807) is 0 Å². The molecule has 3 nitrogen and oxygen atoms in total. The summed E-state index contributed by atoms with van der Waals surface area (Å²) in [4.78, 5) is 6.35. The minimum Gasteiger partial charge on any atom is -0.378 e. The summed E-state index contributed by atoms with van der Waals surface area (Å²) in [5.41, 5.74) is 1.33. The van der Waals surface area contributed by atoms with Gasteiger partial charge in [0.1, 0.15) is 0 Å². The van der Waals surface area contributed by atoms with Gasteiger partial charge in [-0.15, -0.1) is 11.3 Å². The van der Waals surface area contributed by atoms with Gasteiger partial charge in [-0.05, 0) is 38.5 Å². The van der Waals surface area contributed by atoms with Gasteiger partial charge >= 0.3 is 0 Å². The van der Waals surface area contributed by atoms with E-state index in [1.807, 2.05) is 11.3 Å². The lowest BCUT2D eigenvalue weighted by Gasteiger charge is -2.21. The van der Waals surface area contributed by atoms with Crippen molar-refractivity contribution in [3.05, 3.63) is 15.6 Å². The minimum atomic E-state index is 0.411. The van der Waals surface area contributed by atoms with E-state index in [0.717, 1.165) is 32.0 Å². The van der Waals surface area contributed by atoms with Gasteiger partial charge in [-0.1, -0.05) is 13.3 Å². The van der Waals surface area contributed by atoms with Crippen molar-refractivity contribution in [1.82, 2.24) is 10.3 Å². The first-order valence-corrected chi connectivity index (χ1v) is 8.99. The number of rotatable bonds is 7. The van der Waals surface area contributed by atoms with Gasteiger partial charge in [-0.3, -0.25) is 0 Å². The van der Waals surface area contributed by atoms with Crippen molar-refractivity contribution < 1.29 is 4.74 Å². The van der Waals surface area contributed by atoms with Crippen LogP contribution >= 0.6 is 11.3 Å². The average molecular weight is 294 g/mol. The highest BCUT2D eigenvalue weighted by molar-refractivity contribution is 7.11. The van der Waals surface area contributed by atoms with Crippen LogP contribution in [0.5, 0.6) is 0 Å². The van der Waals surface area contributed by atoms with Crippen molar-refractivity contribution in [2.24, 2.45) is 0 Å². The molecule has 0 amide bonds. The molecule has 2 aliphatic rings. The third-order valence-corrected chi connectivity index (χ3v) is 5.23. The molecule has 1 saturated heterocycles. The van der Waals surface area contributed by atoms with Crippen molar-refractivity contribution in [3.8, 4) is 0 Å². The zero-order chi connectivity index (χ0) is 13.8. The molecule has 0 bridgehead atoms. The summed E-state index contributed by atoms with van der Waals surface area (Å²) >= 11 is 1.91. The van der Waals surface area contributed by atoms with E-state index in [1.165, 1.54) is 54.1 Å². The summed E-state index contributed by atoms with van der Waals surface area (Å²) in [5, 5.41) is 4.91. The molecule has 1 saturated carbocycles. The summed E-state index contributed by atoms with van der Waals surface area (Å²) in [6.45, 7) is 4.19. The smallest absolute Gasteiger partial charge is 0.0957 e. The Morgan fingerprint density at radius 3 is 2.90 bits per heavy atom. The molecule has 4 heteroatoms. The quantitative estimate of drug-likeness (QED) is 0.836. The first kappa shape index (κ1) is 14.5. The summed E-state index contributed by atoms with van der Waals surface area (Å²) < 4.78 is 5.85. The number of hydrogen-bond acceptors (Lipinski definition) is 4. The summed E-state index contributed by atoms with van der Waals surface area (Å²) in [7, 11) is 0. The third kappa shape index (κ3) is 4.03. The normalized spacial score (nSPS) is 23.1. The van der Waals surface area contributed by atoms with Gasteiger partial charge in [0.25, 0.3) is 0 Å². The van der Waals surface area contributed by atoms with Crippen LogP contribution in [0.1, 0.15) is 61.0 Å². The second-order valence-corrected chi connectivity index (χ2v) is 7.24. The van der Waals surface area contributed by atoms with Gasteiger partial charge in [-0.2, -0.15) is 0 Å². The number of aromatic nitrogens is 1. The lowest BCUT2D eigenvalue weighted by atomic mass is 10.1. The molecule has 3 rings (SSSR count). The Morgan fingerprint density at radius 1 is 1.30 bits per heavy atom. The van der Waals surface area contributed by atoms with Crippen molar-refractivity contribution in [2.75, 3.05) is 6.61 Å². The molecule has 2 fully saturated rings. The highest BCUT2D eigenvalue weighted by atomic mass is 32.1. The summed E-state index contributed by atoms with van der Waals surface area (Å²) in [5.74, 6) is 0. The van der Waals surface area contributed by atoms with E-state index in [4.69, 9.17) is 9.72 Å². The molecule has 1 aliphatic carbocycles. The fraction of sp³-hybridized carbons (Fsp3) is 0.812. The lowest BCUT2D eigenvalue weighted by molar-refractivity contribution is 0.0167. The SMILES string of the molecule is CCCc1nc(CC2CCCCO2)sc1CNC1CC1. The van der Waals surface area contributed by atoms with Crippen LogP contribution in [-0.2, 0) is 24.1 Å². The molecule has 20 heavy (non-hydrogen) atoms. The van der Waals surface area contributed by atoms with Gasteiger partial charge in [0.15, 0.2) is 0 Å². The van der Waals surface area contributed by atoms with Crippen LogP contribution in [-0.4, -0.2) is 23.7 Å². The van der Waals surface area contributed by atoms with Gasteiger partial charge in [0, 0.05) is 30.5 Å². The maximum absolute atomic E-state index is 5.85. The van der Waals surface area contributed by atoms with Crippen LogP contribution < -0.4 is 5.32 Å². The Hall–Kier alpha value is -0.450. The minimum absolute atomic E-state index is 0.411. The fourth-order valence-corrected chi connectivity index (χ4v) is 3.91. The molecule has 1 unspecified atom stereocenters. The third-order valence-electron chi connectivity index (χ3n) is 4.11. The standard InChI is InChI=1S/C16H26N2OS/c1-2-5-14-15(11-17-12-7-8-12)20-16(18-14)10-13-6-3-4-9-19-13/h12-13,17H,2-11H2,1H3. The Balaban J connectivity index is 1.61. The summed E-state index contributed by atoms with van der Waals surface area (Å²) in [6.07, 6.45) is 10.2. The van der Waals surface area contributed by atoms with E-state index >= 15 is 0 Å². The zero-order valence-corrected chi connectivity index (χ0v) is 13.3. The second-order valence-electron chi connectivity index (χ2n) is 6.08. The van der Waals surface area contributed by atoms with Gasteiger partial charge in [-0.25, -0.2) is 4.98 Å². The highest BCUT2D eigenvalue weighted by Crippen LogP contribution is 2.26. The lowest BCUT2D eigenvalue weighted by Crippen LogP contribution is -2.21. The number of thiazole rings is 1. The van der Waals surface area contributed by atoms with Crippen LogP contribution in [0, 0.1) is 0 Å². The molecule has 2 heterocycles. The Labute approximate surface area is 126 Å². The monoisotopic (exact) mass is 294 g/mol. The predicted octanol–water partition coefficient (Wildman–Crippen LogP) is 3.46. The number of aryl methyl sites for hydroxylation is 1. The van der Waals surface area contributed by atoms with E-state index in [-0.39, 0.29) is 0 Å². The van der Waals surface area contributed by atoms with Crippen LogP contribution in [0.4, 0.5) is 0 Å². The number of nitrogens with zero attached hydrogens (tertiary/aromatic N) is 1. The number of nitrogens with one attached hydrogen (secondary N) is 1. The molecule has 0 aromatic carbocycles. The van der Waals surface area contributed by atoms with Crippen LogP contribution in [0.2, 0.25) is 0 Å². The second kappa shape index (κ2) is 7.01. The largest absolute Gasteiger partial charge is 0.378 e. The van der Waals surface area contributed by atoms with E-state index < -0.39 is 0 Å². The van der Waals surface area contributed by atoms with Gasteiger partial charge in [0.05, 0.1) is 16.8 Å². The number of ether oxygens (including phenoxy) is 1. The maximum atomic E-state index is 5.85. The fourth-order valence-electron chi connectivity index (χ4n) is 2.78. The zero-order valence-electron chi connectivity index (χ0n) is 12.5. The molecular formula is C16H26N2OS. The first-order chi connectivity index (χ1) is 9.85. The predicted molar refractivity (Wildman–Crippen MR) is 83.3 cm³/mol. The average Bonchev–Trinajstić information content (AvgIpc) is 3.22. The Bertz CT molecular complexity index is 422. The topological polar surface area (TPSA) is 34.1 Å². The van der Waals surface area contributed by atoms with Crippen LogP contribution in [0.25, 0.3) is 0 Å². The molecule has 112 valence electrons. The molecule has 1 atom stereocenters. The maximum Gasteiger partial charge on any atom is 0.0957 e. The van der Waals surface area contributed by atoms with Gasteiger partial charge < -0.3 is 10.1 Å².